The Balaban J connectivity index is 2.00. The third-order valence-corrected chi connectivity index (χ3v) is 4.81. The number of rotatable bonds is 6. The van der Waals surface area contributed by atoms with Crippen LogP contribution in [0.3, 0.4) is 0 Å². The molecule has 25 heavy (non-hydrogen) atoms. The van der Waals surface area contributed by atoms with E-state index in [1.165, 1.54) is 0 Å². The molecule has 132 valence electrons. The number of benzene rings is 2. The van der Waals surface area contributed by atoms with Gasteiger partial charge in [-0.05, 0) is 48.5 Å². The summed E-state index contributed by atoms with van der Waals surface area (Å²) in [7, 11) is 7.19. The zero-order valence-electron chi connectivity index (χ0n) is 14.9. The van der Waals surface area contributed by atoms with Crippen LogP contribution in [-0.2, 0) is 0 Å². The van der Waals surface area contributed by atoms with Crippen molar-refractivity contribution in [3.8, 4) is 11.5 Å². The topological polar surface area (TPSA) is 24.9 Å². The highest BCUT2D eigenvalue weighted by Crippen LogP contribution is 2.22. The second-order valence-electron chi connectivity index (χ2n) is 5.48. The molecule has 0 saturated heterocycles. The Morgan fingerprint density at radius 3 is 1.32 bits per heavy atom. The third-order valence-electron chi connectivity index (χ3n) is 3.97. The molecule has 0 aliphatic carbocycles. The highest BCUT2D eigenvalue weighted by atomic mass is 32.1. The average molecular weight is 375 g/mol. The first-order chi connectivity index (χ1) is 12.0. The maximum atomic E-state index is 5.57. The van der Waals surface area contributed by atoms with Crippen LogP contribution in [0.25, 0.3) is 0 Å². The van der Waals surface area contributed by atoms with E-state index in [0.29, 0.717) is 6.42 Å². The Labute approximate surface area is 160 Å². The van der Waals surface area contributed by atoms with Crippen LogP contribution in [0.1, 0.15) is 6.42 Å². The molecule has 2 aromatic rings. The van der Waals surface area contributed by atoms with E-state index in [1.807, 2.05) is 72.4 Å². The molecular weight excluding hydrogens is 352 g/mol. The predicted molar refractivity (Wildman–Crippen MR) is 113 cm³/mol. The average Bonchev–Trinajstić information content (AvgIpc) is 2.66. The lowest BCUT2D eigenvalue weighted by Crippen LogP contribution is -2.32. The van der Waals surface area contributed by atoms with Gasteiger partial charge in [0, 0.05) is 31.9 Å². The normalized spacial score (nSPS) is 10.1. The Bertz CT molecular complexity index is 667. The third kappa shape index (κ3) is 4.90. The van der Waals surface area contributed by atoms with Crippen molar-refractivity contribution in [1.82, 2.24) is 0 Å². The second-order valence-corrected chi connectivity index (χ2v) is 6.42. The number of thiocarbonyl (C=S) groups is 2. The van der Waals surface area contributed by atoms with Gasteiger partial charge in [-0.2, -0.15) is 0 Å². The van der Waals surface area contributed by atoms with Crippen LogP contribution in [0.2, 0.25) is 0 Å². The number of hydrogen-bond acceptors (Lipinski definition) is 4. The highest BCUT2D eigenvalue weighted by molar-refractivity contribution is 7.82. The van der Waals surface area contributed by atoms with Gasteiger partial charge in [0.15, 0.2) is 0 Å². The highest BCUT2D eigenvalue weighted by Gasteiger charge is 2.13. The molecule has 4 nitrogen and oxygen atoms in total. The summed E-state index contributed by atoms with van der Waals surface area (Å²) >= 11 is 11.1. The van der Waals surface area contributed by atoms with E-state index in [2.05, 4.69) is 0 Å². The van der Waals surface area contributed by atoms with Crippen molar-refractivity contribution in [3.63, 3.8) is 0 Å². The maximum absolute atomic E-state index is 5.57. The van der Waals surface area contributed by atoms with Crippen molar-refractivity contribution in [3.05, 3.63) is 48.5 Å². The van der Waals surface area contributed by atoms with Crippen molar-refractivity contribution in [2.24, 2.45) is 0 Å². The van der Waals surface area contributed by atoms with Crippen LogP contribution in [-0.4, -0.2) is 38.3 Å². The summed E-state index contributed by atoms with van der Waals surface area (Å²) < 4.78 is 10.4. The van der Waals surface area contributed by atoms with E-state index in [-0.39, 0.29) is 0 Å². The zero-order valence-corrected chi connectivity index (χ0v) is 16.5. The number of ether oxygens (including phenoxy) is 2. The maximum Gasteiger partial charge on any atom is 0.119 e. The van der Waals surface area contributed by atoms with Gasteiger partial charge in [0.25, 0.3) is 0 Å². The van der Waals surface area contributed by atoms with Crippen LogP contribution in [0.5, 0.6) is 11.5 Å². The van der Waals surface area contributed by atoms with E-state index < -0.39 is 0 Å². The lowest BCUT2D eigenvalue weighted by molar-refractivity contribution is 0.414. The van der Waals surface area contributed by atoms with Gasteiger partial charge in [-0.15, -0.1) is 0 Å². The summed E-state index contributed by atoms with van der Waals surface area (Å²) in [4.78, 5) is 5.44. The van der Waals surface area contributed by atoms with Crippen molar-refractivity contribution >= 4 is 45.8 Å². The van der Waals surface area contributed by atoms with Crippen LogP contribution in [0.4, 0.5) is 11.4 Å². The second kappa shape index (κ2) is 8.78. The van der Waals surface area contributed by atoms with Crippen molar-refractivity contribution in [2.75, 3.05) is 38.1 Å². The van der Waals surface area contributed by atoms with Gasteiger partial charge >= 0.3 is 0 Å². The predicted octanol–water partition coefficient (Wildman–Crippen LogP) is 4.32. The Morgan fingerprint density at radius 2 is 1.04 bits per heavy atom. The fourth-order valence-corrected chi connectivity index (χ4v) is 2.84. The zero-order chi connectivity index (χ0) is 18.4. The number of methoxy groups -OCH3 is 2. The lowest BCUT2D eigenvalue weighted by atomic mass is 10.2. The Hall–Kier alpha value is -2.18. The Kier molecular flexibility index (Phi) is 6.73. The molecule has 0 fully saturated rings. The number of nitrogens with zero attached hydrogens (tertiary/aromatic N) is 2. The first kappa shape index (κ1) is 19.1. The molecule has 2 rings (SSSR count). The van der Waals surface area contributed by atoms with E-state index in [1.54, 1.807) is 14.2 Å². The van der Waals surface area contributed by atoms with E-state index in [0.717, 1.165) is 32.9 Å². The molecule has 0 unspecified atom stereocenters. The SMILES string of the molecule is COc1ccc(N(C)C(=S)CC(=S)N(C)c2ccc(OC)cc2)cc1. The first-order valence-corrected chi connectivity index (χ1v) is 8.59. The molecule has 0 atom stereocenters. The van der Waals surface area contributed by atoms with Crippen molar-refractivity contribution in [2.45, 2.75) is 6.42 Å². The lowest BCUT2D eigenvalue weighted by Gasteiger charge is -2.25. The molecule has 0 N–H and O–H groups in total. The van der Waals surface area contributed by atoms with Crippen LogP contribution >= 0.6 is 24.4 Å². The summed E-state index contributed by atoms with van der Waals surface area (Å²) in [5.74, 6) is 1.63. The standard InChI is InChI=1S/C19H22N2O2S2/c1-20(14-5-9-16(22-3)10-6-14)18(24)13-19(25)21(2)15-7-11-17(23-4)12-8-15/h5-12H,13H2,1-4H3. The molecule has 0 saturated carbocycles. The van der Waals surface area contributed by atoms with Gasteiger partial charge < -0.3 is 19.3 Å². The van der Waals surface area contributed by atoms with E-state index >= 15 is 0 Å². The molecule has 0 aliphatic heterocycles. The molecule has 0 spiro atoms. The largest absolute Gasteiger partial charge is 0.497 e. The Morgan fingerprint density at radius 1 is 0.720 bits per heavy atom. The minimum absolute atomic E-state index is 0.524. The fraction of sp³-hybridized carbons (Fsp3) is 0.263. The van der Waals surface area contributed by atoms with Gasteiger partial charge in [-0.25, -0.2) is 0 Å². The van der Waals surface area contributed by atoms with Crippen LogP contribution in [0.15, 0.2) is 48.5 Å². The van der Waals surface area contributed by atoms with Crippen LogP contribution < -0.4 is 19.3 Å². The molecule has 0 radical (unpaired) electrons. The van der Waals surface area contributed by atoms with Crippen LogP contribution in [0, 0.1) is 0 Å². The smallest absolute Gasteiger partial charge is 0.119 e. The quantitative estimate of drug-likeness (QED) is 0.698. The van der Waals surface area contributed by atoms with Gasteiger partial charge in [-0.1, -0.05) is 24.4 Å². The summed E-state index contributed by atoms with van der Waals surface area (Å²) in [6, 6.07) is 15.5. The summed E-state index contributed by atoms with van der Waals surface area (Å²) in [5, 5.41) is 0. The van der Waals surface area contributed by atoms with Gasteiger partial charge in [0.1, 0.15) is 11.5 Å². The molecule has 6 heteroatoms. The monoisotopic (exact) mass is 374 g/mol. The minimum atomic E-state index is 0.524. The summed E-state index contributed by atoms with van der Waals surface area (Å²) in [6.45, 7) is 0. The molecule has 0 amide bonds. The first-order valence-electron chi connectivity index (χ1n) is 7.77. The van der Waals surface area contributed by atoms with Gasteiger partial charge in [0.05, 0.1) is 24.2 Å². The van der Waals surface area contributed by atoms with Gasteiger partial charge in [-0.3, -0.25) is 0 Å². The fourth-order valence-electron chi connectivity index (χ4n) is 2.27. The molecule has 0 bridgehead atoms. The van der Waals surface area contributed by atoms with Crippen molar-refractivity contribution < 1.29 is 9.47 Å². The summed E-state index contributed by atoms with van der Waals surface area (Å²) in [6.07, 6.45) is 0.524. The minimum Gasteiger partial charge on any atom is -0.497 e. The van der Waals surface area contributed by atoms with E-state index in [4.69, 9.17) is 33.9 Å². The molecule has 0 heterocycles. The number of anilines is 2. The number of hydrogen-bond donors (Lipinski definition) is 0. The van der Waals surface area contributed by atoms with Crippen molar-refractivity contribution in [1.29, 1.82) is 0 Å². The van der Waals surface area contributed by atoms with Gasteiger partial charge in [0.2, 0.25) is 0 Å². The van der Waals surface area contributed by atoms with E-state index in [9.17, 15) is 0 Å². The molecule has 2 aromatic carbocycles. The molecule has 0 aromatic heterocycles. The molecular formula is C19H22N2O2S2. The molecule has 0 aliphatic rings. The summed E-state index contributed by atoms with van der Waals surface area (Å²) in [5.41, 5.74) is 2.00.